The third-order valence-electron chi connectivity index (χ3n) is 1.93. The molecular weight excluding hydrogens is 240 g/mol. The van der Waals surface area contributed by atoms with Gasteiger partial charge in [-0.2, -0.15) is 8.78 Å². The van der Waals surface area contributed by atoms with Gasteiger partial charge in [-0.3, -0.25) is 0 Å². The van der Waals surface area contributed by atoms with Crippen molar-refractivity contribution >= 4 is 10.0 Å². The normalized spacial score (nSPS) is 14.0. The third-order valence-corrected chi connectivity index (χ3v) is 3.01. The van der Waals surface area contributed by atoms with Crippen molar-refractivity contribution in [1.82, 2.24) is 4.72 Å². The minimum absolute atomic E-state index is 0.425. The number of sulfonamides is 1. The molecule has 0 aliphatic rings. The molecule has 16 heavy (non-hydrogen) atoms. The quantitative estimate of drug-likeness (QED) is 0.815. The summed E-state index contributed by atoms with van der Waals surface area (Å²) in [4.78, 5) is 0. The number of hydrogen-bond acceptors (Lipinski definition) is 3. The second-order valence-corrected chi connectivity index (χ2v) is 4.75. The summed E-state index contributed by atoms with van der Waals surface area (Å²) in [5.41, 5.74) is 0.425. The first kappa shape index (κ1) is 13.0. The summed E-state index contributed by atoms with van der Waals surface area (Å²) < 4.78 is 47.7. The van der Waals surface area contributed by atoms with E-state index < -0.39 is 28.4 Å². The van der Waals surface area contributed by atoms with Gasteiger partial charge in [0.25, 0.3) is 10.0 Å². The third kappa shape index (κ3) is 3.22. The maximum absolute atomic E-state index is 12.1. The minimum Gasteiger partial charge on any atom is -0.394 e. The topological polar surface area (TPSA) is 66.4 Å². The highest BCUT2D eigenvalue weighted by Gasteiger charge is 2.27. The summed E-state index contributed by atoms with van der Waals surface area (Å²) in [5.74, 6) is -3.51. The van der Waals surface area contributed by atoms with Gasteiger partial charge in [0.05, 0.1) is 12.6 Å². The van der Waals surface area contributed by atoms with Crippen molar-refractivity contribution < 1.29 is 22.3 Å². The van der Waals surface area contributed by atoms with Gasteiger partial charge in [-0.25, -0.2) is 13.1 Å². The van der Waals surface area contributed by atoms with E-state index in [1.54, 1.807) is 22.9 Å². The molecule has 4 nitrogen and oxygen atoms in total. The number of rotatable bonds is 5. The number of alkyl halides is 2. The van der Waals surface area contributed by atoms with Gasteiger partial charge in [0.15, 0.2) is 0 Å². The Morgan fingerprint density at radius 3 is 2.25 bits per heavy atom. The summed E-state index contributed by atoms with van der Waals surface area (Å²) >= 11 is 0. The van der Waals surface area contributed by atoms with Gasteiger partial charge in [-0.15, -0.1) is 0 Å². The van der Waals surface area contributed by atoms with E-state index in [4.69, 9.17) is 5.11 Å². The number of benzene rings is 1. The number of hydrogen-bond donors (Lipinski definition) is 2. The van der Waals surface area contributed by atoms with Crippen molar-refractivity contribution in [1.29, 1.82) is 0 Å². The molecule has 0 unspecified atom stereocenters. The predicted octanol–water partition coefficient (Wildman–Crippen LogP) is 0.862. The van der Waals surface area contributed by atoms with Crippen LogP contribution in [0.3, 0.4) is 0 Å². The monoisotopic (exact) mass is 251 g/mol. The Morgan fingerprint density at radius 1 is 1.25 bits per heavy atom. The van der Waals surface area contributed by atoms with Crippen LogP contribution in [0.5, 0.6) is 0 Å². The molecule has 0 heterocycles. The van der Waals surface area contributed by atoms with E-state index in [9.17, 15) is 17.2 Å². The molecule has 0 spiro atoms. The molecule has 0 fully saturated rings. The lowest BCUT2D eigenvalue weighted by molar-refractivity contribution is 0.224. The number of aliphatic hydroxyl groups excluding tert-OH is 1. The largest absolute Gasteiger partial charge is 0.394 e. The first-order valence-corrected chi connectivity index (χ1v) is 5.97. The van der Waals surface area contributed by atoms with Crippen LogP contribution in [-0.2, 0) is 10.0 Å². The highest BCUT2D eigenvalue weighted by Crippen LogP contribution is 2.15. The molecule has 0 radical (unpaired) electrons. The Morgan fingerprint density at radius 2 is 1.81 bits per heavy atom. The van der Waals surface area contributed by atoms with Gasteiger partial charge in [0.1, 0.15) is 0 Å². The summed E-state index contributed by atoms with van der Waals surface area (Å²) in [6, 6.07) is 6.95. The van der Waals surface area contributed by atoms with Crippen LogP contribution in [0, 0.1) is 0 Å². The molecule has 1 aromatic rings. The van der Waals surface area contributed by atoms with Gasteiger partial charge in [0.2, 0.25) is 0 Å². The number of aliphatic hydroxyl groups is 1. The summed E-state index contributed by atoms with van der Waals surface area (Å²) in [7, 11) is -4.70. The zero-order valence-corrected chi connectivity index (χ0v) is 8.99. The van der Waals surface area contributed by atoms with Crippen molar-refractivity contribution in [2.45, 2.75) is 11.8 Å². The fraction of sp³-hybridized carbons (Fsp3) is 0.333. The van der Waals surface area contributed by atoms with Gasteiger partial charge in [0, 0.05) is 0 Å². The molecule has 90 valence electrons. The second-order valence-electron chi connectivity index (χ2n) is 3.07. The predicted molar refractivity (Wildman–Crippen MR) is 54.3 cm³/mol. The van der Waals surface area contributed by atoms with E-state index in [-0.39, 0.29) is 0 Å². The van der Waals surface area contributed by atoms with Crippen LogP contribution < -0.4 is 4.72 Å². The van der Waals surface area contributed by atoms with Crippen molar-refractivity contribution in [2.75, 3.05) is 6.61 Å². The molecule has 7 heteroatoms. The average Bonchev–Trinajstić information content (AvgIpc) is 2.27. The Bertz CT molecular complexity index is 422. The lowest BCUT2D eigenvalue weighted by Crippen LogP contribution is -2.34. The molecule has 0 amide bonds. The zero-order valence-electron chi connectivity index (χ0n) is 8.18. The molecule has 0 aliphatic heterocycles. The summed E-state index contributed by atoms with van der Waals surface area (Å²) in [5, 5.41) is 8.95. The van der Waals surface area contributed by atoms with Crippen molar-refractivity contribution in [3.05, 3.63) is 35.9 Å². The van der Waals surface area contributed by atoms with Gasteiger partial charge >= 0.3 is 5.76 Å². The Labute approximate surface area is 92.0 Å². The molecule has 1 atom stereocenters. The fourth-order valence-corrected chi connectivity index (χ4v) is 1.86. The molecule has 0 bridgehead atoms. The van der Waals surface area contributed by atoms with Crippen LogP contribution in [0.1, 0.15) is 11.6 Å². The van der Waals surface area contributed by atoms with Gasteiger partial charge in [-0.1, -0.05) is 30.3 Å². The van der Waals surface area contributed by atoms with E-state index >= 15 is 0 Å². The smallest absolute Gasteiger partial charge is 0.350 e. The van der Waals surface area contributed by atoms with E-state index in [1.165, 1.54) is 12.1 Å². The van der Waals surface area contributed by atoms with Crippen molar-refractivity contribution in [2.24, 2.45) is 0 Å². The summed E-state index contributed by atoms with van der Waals surface area (Å²) in [6.45, 7) is -0.587. The number of halogens is 2. The molecule has 0 saturated carbocycles. The molecule has 2 N–H and O–H groups in total. The van der Waals surface area contributed by atoms with E-state index in [0.717, 1.165) is 0 Å². The first-order valence-electron chi connectivity index (χ1n) is 4.42. The second kappa shape index (κ2) is 5.33. The molecular formula is C9H11F2NO3S. The molecule has 0 aliphatic carbocycles. The molecule has 1 aromatic carbocycles. The molecule has 0 saturated heterocycles. The maximum atomic E-state index is 12.1. The zero-order chi connectivity index (χ0) is 12.2. The SMILES string of the molecule is O=S(=O)(N[C@H](CO)c1ccccc1)C(F)F. The lowest BCUT2D eigenvalue weighted by atomic mass is 10.1. The van der Waals surface area contributed by atoms with E-state index in [0.29, 0.717) is 5.56 Å². The van der Waals surface area contributed by atoms with E-state index in [2.05, 4.69) is 0 Å². The van der Waals surface area contributed by atoms with Crippen molar-refractivity contribution in [3.63, 3.8) is 0 Å². The Hall–Kier alpha value is -1.05. The maximum Gasteiger partial charge on any atom is 0.350 e. The number of nitrogens with one attached hydrogen (secondary N) is 1. The Kier molecular flexibility index (Phi) is 4.34. The standard InChI is InChI=1S/C9H11F2NO3S/c10-9(11)16(14,15)12-8(6-13)7-4-2-1-3-5-7/h1-5,8-9,12-13H,6H2/t8-/m1/s1. The average molecular weight is 251 g/mol. The van der Waals surface area contributed by atoms with Crippen molar-refractivity contribution in [3.8, 4) is 0 Å². The van der Waals surface area contributed by atoms with Gasteiger partial charge < -0.3 is 5.11 Å². The highest BCUT2D eigenvalue weighted by atomic mass is 32.2. The Balaban J connectivity index is 2.86. The highest BCUT2D eigenvalue weighted by molar-refractivity contribution is 7.89. The van der Waals surface area contributed by atoms with Crippen LogP contribution in [0.25, 0.3) is 0 Å². The van der Waals surface area contributed by atoms with Crippen LogP contribution in [-0.4, -0.2) is 25.9 Å². The van der Waals surface area contributed by atoms with Crippen LogP contribution in [0.2, 0.25) is 0 Å². The van der Waals surface area contributed by atoms with Crippen LogP contribution in [0.15, 0.2) is 30.3 Å². The summed E-state index contributed by atoms with van der Waals surface area (Å²) in [6.07, 6.45) is 0. The van der Waals surface area contributed by atoms with Gasteiger partial charge in [-0.05, 0) is 5.56 Å². The first-order chi connectivity index (χ1) is 7.47. The molecule has 1 rings (SSSR count). The molecule has 0 aromatic heterocycles. The lowest BCUT2D eigenvalue weighted by Gasteiger charge is -2.16. The van der Waals surface area contributed by atoms with Crippen LogP contribution >= 0.6 is 0 Å². The minimum atomic E-state index is -4.70. The van der Waals surface area contributed by atoms with Crippen LogP contribution in [0.4, 0.5) is 8.78 Å². The fourth-order valence-electron chi connectivity index (χ4n) is 1.15. The van der Waals surface area contributed by atoms with E-state index in [1.807, 2.05) is 0 Å².